The Morgan fingerprint density at radius 2 is 1.95 bits per heavy atom. The summed E-state index contributed by atoms with van der Waals surface area (Å²) in [6, 6.07) is 13.7. The van der Waals surface area contributed by atoms with Gasteiger partial charge in [0.25, 0.3) is 0 Å². The first-order chi connectivity index (χ1) is 9.72. The molecule has 0 atom stereocenters. The topological polar surface area (TPSA) is 17.1 Å². The predicted molar refractivity (Wildman–Crippen MR) is 85.0 cm³/mol. The van der Waals surface area contributed by atoms with Crippen LogP contribution < -0.4 is 0 Å². The summed E-state index contributed by atoms with van der Waals surface area (Å²) in [5, 5.41) is 0.610. The van der Waals surface area contributed by atoms with E-state index in [2.05, 4.69) is 18.2 Å². The van der Waals surface area contributed by atoms with Crippen LogP contribution in [0, 0.1) is 0 Å². The van der Waals surface area contributed by atoms with Gasteiger partial charge in [-0.1, -0.05) is 29.8 Å². The molecule has 20 heavy (non-hydrogen) atoms. The van der Waals surface area contributed by atoms with Crippen LogP contribution in [0.4, 0.5) is 0 Å². The number of Topliss-reactive ketones (excluding diaryl/α,β-unsaturated/α-hetero) is 1. The molecule has 0 aromatic heterocycles. The van der Waals surface area contributed by atoms with Crippen LogP contribution in [0.3, 0.4) is 0 Å². The van der Waals surface area contributed by atoms with Gasteiger partial charge in [0, 0.05) is 15.5 Å². The SMILES string of the molecule is O=C(CSc1ccc2c(c1)CCC2)c1cccc(Cl)c1. The van der Waals surface area contributed by atoms with Gasteiger partial charge in [-0.2, -0.15) is 0 Å². The number of aryl methyl sites for hydroxylation is 2. The highest BCUT2D eigenvalue weighted by atomic mass is 35.5. The summed E-state index contributed by atoms with van der Waals surface area (Å²) in [6.07, 6.45) is 3.62. The second kappa shape index (κ2) is 6.02. The zero-order valence-corrected chi connectivity index (χ0v) is 12.6. The number of carbonyl (C=O) groups excluding carboxylic acids is 1. The molecule has 0 fully saturated rings. The predicted octanol–water partition coefficient (Wildman–Crippen LogP) is 4.80. The maximum Gasteiger partial charge on any atom is 0.173 e. The van der Waals surface area contributed by atoms with Crippen LogP contribution in [0.1, 0.15) is 27.9 Å². The highest BCUT2D eigenvalue weighted by molar-refractivity contribution is 8.00. The molecule has 0 bridgehead atoms. The quantitative estimate of drug-likeness (QED) is 0.596. The van der Waals surface area contributed by atoms with Crippen LogP contribution in [0.5, 0.6) is 0 Å². The van der Waals surface area contributed by atoms with Gasteiger partial charge in [-0.3, -0.25) is 4.79 Å². The molecule has 0 spiro atoms. The number of fused-ring (bicyclic) bond motifs is 1. The normalized spacial score (nSPS) is 13.2. The summed E-state index contributed by atoms with van der Waals surface area (Å²) < 4.78 is 0. The molecule has 0 amide bonds. The van der Waals surface area contributed by atoms with Crippen LogP contribution in [0.25, 0.3) is 0 Å². The lowest BCUT2D eigenvalue weighted by Crippen LogP contribution is -2.02. The van der Waals surface area contributed by atoms with Gasteiger partial charge in [0.15, 0.2) is 5.78 Å². The third-order valence-corrected chi connectivity index (χ3v) is 4.82. The summed E-state index contributed by atoms with van der Waals surface area (Å²) >= 11 is 7.51. The van der Waals surface area contributed by atoms with Gasteiger partial charge in [0.2, 0.25) is 0 Å². The van der Waals surface area contributed by atoms with Crippen molar-refractivity contribution in [2.75, 3.05) is 5.75 Å². The number of ketones is 1. The molecule has 0 saturated heterocycles. The Balaban J connectivity index is 1.66. The van der Waals surface area contributed by atoms with Crippen molar-refractivity contribution in [3.63, 3.8) is 0 Å². The van der Waals surface area contributed by atoms with E-state index in [-0.39, 0.29) is 5.78 Å². The lowest BCUT2D eigenvalue weighted by molar-refractivity contribution is 0.102. The lowest BCUT2D eigenvalue weighted by atomic mass is 10.1. The number of hydrogen-bond donors (Lipinski definition) is 0. The summed E-state index contributed by atoms with van der Waals surface area (Å²) in [6.45, 7) is 0. The summed E-state index contributed by atoms with van der Waals surface area (Å²) in [5.41, 5.74) is 3.60. The summed E-state index contributed by atoms with van der Waals surface area (Å²) in [5.74, 6) is 0.581. The fraction of sp³-hybridized carbons (Fsp3) is 0.235. The number of hydrogen-bond acceptors (Lipinski definition) is 2. The average molecular weight is 303 g/mol. The lowest BCUT2D eigenvalue weighted by Gasteiger charge is -2.05. The molecule has 3 rings (SSSR count). The number of thioether (sulfide) groups is 1. The van der Waals surface area contributed by atoms with Crippen LogP contribution in [0.2, 0.25) is 5.02 Å². The standard InChI is InChI=1S/C17H15ClOS/c18-15-6-2-5-14(9-15)17(19)11-20-16-8-7-12-3-1-4-13(12)10-16/h2,5-10H,1,3-4,11H2. The van der Waals surface area contributed by atoms with E-state index in [0.717, 1.165) is 0 Å². The minimum atomic E-state index is 0.123. The highest BCUT2D eigenvalue weighted by Gasteiger charge is 2.12. The van der Waals surface area contributed by atoms with Gasteiger partial charge in [-0.05, 0) is 54.7 Å². The van der Waals surface area contributed by atoms with Crippen LogP contribution in [0.15, 0.2) is 47.4 Å². The highest BCUT2D eigenvalue weighted by Crippen LogP contribution is 2.28. The first-order valence-corrected chi connectivity index (χ1v) is 8.12. The van der Waals surface area contributed by atoms with Crippen molar-refractivity contribution in [1.82, 2.24) is 0 Å². The van der Waals surface area contributed by atoms with E-state index >= 15 is 0 Å². The summed E-state index contributed by atoms with van der Waals surface area (Å²) in [7, 11) is 0. The molecule has 1 nitrogen and oxygen atoms in total. The van der Waals surface area contributed by atoms with Crippen molar-refractivity contribution in [2.45, 2.75) is 24.2 Å². The van der Waals surface area contributed by atoms with Crippen molar-refractivity contribution in [3.05, 3.63) is 64.2 Å². The van der Waals surface area contributed by atoms with Gasteiger partial charge in [-0.15, -0.1) is 11.8 Å². The third kappa shape index (κ3) is 3.08. The Morgan fingerprint density at radius 3 is 2.80 bits per heavy atom. The minimum absolute atomic E-state index is 0.123. The Bertz CT molecular complexity index is 651. The zero-order valence-electron chi connectivity index (χ0n) is 11.1. The molecular weight excluding hydrogens is 288 g/mol. The van der Waals surface area contributed by atoms with E-state index in [4.69, 9.17) is 11.6 Å². The van der Waals surface area contributed by atoms with E-state index in [1.165, 1.54) is 35.3 Å². The third-order valence-electron chi connectivity index (χ3n) is 3.59. The second-order valence-electron chi connectivity index (χ2n) is 5.01. The Hall–Kier alpha value is -1.25. The molecule has 2 aromatic carbocycles. The molecule has 1 aliphatic carbocycles. The van der Waals surface area contributed by atoms with Gasteiger partial charge >= 0.3 is 0 Å². The number of benzene rings is 2. The van der Waals surface area contributed by atoms with Crippen LogP contribution in [-0.4, -0.2) is 11.5 Å². The van der Waals surface area contributed by atoms with Crippen molar-refractivity contribution in [1.29, 1.82) is 0 Å². The largest absolute Gasteiger partial charge is 0.293 e. The van der Waals surface area contributed by atoms with Gasteiger partial charge < -0.3 is 0 Å². The molecule has 3 heteroatoms. The Kier molecular flexibility index (Phi) is 4.13. The number of halogens is 1. The monoisotopic (exact) mass is 302 g/mol. The maximum atomic E-state index is 12.1. The van der Waals surface area contributed by atoms with E-state index in [1.807, 2.05) is 12.1 Å². The second-order valence-corrected chi connectivity index (χ2v) is 6.49. The van der Waals surface area contributed by atoms with Gasteiger partial charge in [-0.25, -0.2) is 0 Å². The molecular formula is C17H15ClOS. The van der Waals surface area contributed by atoms with Crippen molar-refractivity contribution in [3.8, 4) is 0 Å². The summed E-state index contributed by atoms with van der Waals surface area (Å²) in [4.78, 5) is 13.3. The molecule has 0 N–H and O–H groups in total. The van der Waals surface area contributed by atoms with E-state index in [0.29, 0.717) is 16.3 Å². The number of rotatable bonds is 4. The smallest absolute Gasteiger partial charge is 0.173 e. The fourth-order valence-electron chi connectivity index (χ4n) is 2.53. The molecule has 102 valence electrons. The van der Waals surface area contributed by atoms with Crippen molar-refractivity contribution >= 4 is 29.1 Å². The molecule has 0 heterocycles. The molecule has 1 aliphatic rings. The molecule has 2 aromatic rings. The Morgan fingerprint density at radius 1 is 1.10 bits per heavy atom. The zero-order chi connectivity index (χ0) is 13.9. The molecule has 0 saturated carbocycles. The van der Waals surface area contributed by atoms with E-state index < -0.39 is 0 Å². The van der Waals surface area contributed by atoms with Gasteiger partial charge in [0.1, 0.15) is 0 Å². The number of carbonyl (C=O) groups is 1. The average Bonchev–Trinajstić information content (AvgIpc) is 2.92. The molecule has 0 unspecified atom stereocenters. The van der Waals surface area contributed by atoms with E-state index in [1.54, 1.807) is 23.9 Å². The van der Waals surface area contributed by atoms with Crippen LogP contribution >= 0.6 is 23.4 Å². The first-order valence-electron chi connectivity index (χ1n) is 6.76. The van der Waals surface area contributed by atoms with E-state index in [9.17, 15) is 4.79 Å². The van der Waals surface area contributed by atoms with Gasteiger partial charge in [0.05, 0.1) is 5.75 Å². The maximum absolute atomic E-state index is 12.1. The fourth-order valence-corrected chi connectivity index (χ4v) is 3.58. The first kappa shape index (κ1) is 13.7. The Labute approximate surface area is 128 Å². The van der Waals surface area contributed by atoms with Crippen molar-refractivity contribution < 1.29 is 4.79 Å². The van der Waals surface area contributed by atoms with Crippen LogP contribution in [-0.2, 0) is 12.8 Å². The molecule has 0 aliphatic heterocycles. The minimum Gasteiger partial charge on any atom is -0.293 e. The molecule has 0 radical (unpaired) electrons. The van der Waals surface area contributed by atoms with Crippen molar-refractivity contribution in [2.24, 2.45) is 0 Å².